The van der Waals surface area contributed by atoms with Crippen molar-refractivity contribution in [3.63, 3.8) is 0 Å². The van der Waals surface area contributed by atoms with Gasteiger partial charge >= 0.3 is 0 Å². The Balaban J connectivity index is 1.25. The van der Waals surface area contributed by atoms with E-state index in [2.05, 4.69) is 84.3 Å². The number of anilines is 1. The van der Waals surface area contributed by atoms with Crippen LogP contribution in [0.25, 0.3) is 11.1 Å². The summed E-state index contributed by atoms with van der Waals surface area (Å²) >= 11 is 0. The van der Waals surface area contributed by atoms with Crippen LogP contribution in [0.15, 0.2) is 60.7 Å². The second-order valence-corrected chi connectivity index (χ2v) is 8.38. The molecule has 2 aliphatic rings. The zero-order valence-corrected chi connectivity index (χ0v) is 16.9. The lowest BCUT2D eigenvalue weighted by molar-refractivity contribution is 0.250. The van der Waals surface area contributed by atoms with Crippen LogP contribution in [0.5, 0.6) is 0 Å². The van der Waals surface area contributed by atoms with Crippen LogP contribution >= 0.6 is 0 Å². The molecule has 1 aliphatic heterocycles. The van der Waals surface area contributed by atoms with Gasteiger partial charge in [-0.3, -0.25) is 4.90 Å². The van der Waals surface area contributed by atoms with Gasteiger partial charge in [-0.1, -0.05) is 54.6 Å². The Labute approximate surface area is 168 Å². The molecule has 2 heteroatoms. The van der Waals surface area contributed by atoms with Crippen LogP contribution < -0.4 is 4.90 Å². The molecular formula is C26H28N2. The third-order valence-corrected chi connectivity index (χ3v) is 6.34. The first kappa shape index (κ1) is 17.5. The highest BCUT2D eigenvalue weighted by Crippen LogP contribution is 2.36. The molecule has 1 heterocycles. The normalized spacial score (nSPS) is 16.1. The summed E-state index contributed by atoms with van der Waals surface area (Å²) in [6.07, 6.45) is 1.08. The Morgan fingerprint density at radius 2 is 1.54 bits per heavy atom. The average Bonchev–Trinajstić information content (AvgIpc) is 3.08. The fraction of sp³-hybridized carbons (Fsp3) is 0.308. The van der Waals surface area contributed by atoms with E-state index in [-0.39, 0.29) is 0 Å². The Hall–Kier alpha value is -2.58. The fourth-order valence-corrected chi connectivity index (χ4v) is 4.76. The maximum Gasteiger partial charge on any atom is 0.0399 e. The van der Waals surface area contributed by atoms with Crippen molar-refractivity contribution in [2.24, 2.45) is 0 Å². The van der Waals surface area contributed by atoms with E-state index >= 15 is 0 Å². The van der Waals surface area contributed by atoms with Crippen LogP contribution in [0.2, 0.25) is 0 Å². The largest absolute Gasteiger partial charge is 0.369 e. The Morgan fingerprint density at radius 1 is 0.750 bits per heavy atom. The minimum atomic E-state index is 1.06. The van der Waals surface area contributed by atoms with Crippen LogP contribution in [0.3, 0.4) is 0 Å². The van der Waals surface area contributed by atoms with Crippen LogP contribution in [-0.2, 0) is 13.0 Å². The molecule has 0 atom stereocenters. The second-order valence-electron chi connectivity index (χ2n) is 8.38. The number of rotatable bonds is 3. The first-order chi connectivity index (χ1) is 13.7. The van der Waals surface area contributed by atoms with Gasteiger partial charge in [0.25, 0.3) is 0 Å². The predicted molar refractivity (Wildman–Crippen MR) is 118 cm³/mol. The number of benzene rings is 3. The van der Waals surface area contributed by atoms with Crippen molar-refractivity contribution < 1.29 is 0 Å². The van der Waals surface area contributed by atoms with E-state index in [4.69, 9.17) is 0 Å². The van der Waals surface area contributed by atoms with Gasteiger partial charge < -0.3 is 4.90 Å². The fourth-order valence-electron chi connectivity index (χ4n) is 4.76. The van der Waals surface area contributed by atoms with E-state index in [1.165, 1.54) is 44.6 Å². The monoisotopic (exact) mass is 368 g/mol. The summed E-state index contributed by atoms with van der Waals surface area (Å²) in [4.78, 5) is 5.16. The topological polar surface area (TPSA) is 6.48 Å². The molecule has 0 saturated carbocycles. The van der Waals surface area contributed by atoms with Crippen molar-refractivity contribution in [3.8, 4) is 11.1 Å². The van der Waals surface area contributed by atoms with E-state index in [9.17, 15) is 0 Å². The maximum atomic E-state index is 2.60. The van der Waals surface area contributed by atoms with E-state index in [0.717, 1.165) is 39.1 Å². The molecule has 0 unspecified atom stereocenters. The molecule has 142 valence electrons. The number of fused-ring (bicyclic) bond motifs is 3. The molecular weight excluding hydrogens is 340 g/mol. The molecule has 1 fully saturated rings. The molecule has 0 spiro atoms. The molecule has 1 aliphatic carbocycles. The minimum absolute atomic E-state index is 1.06. The van der Waals surface area contributed by atoms with Gasteiger partial charge in [-0.25, -0.2) is 0 Å². The van der Waals surface area contributed by atoms with Gasteiger partial charge in [0, 0.05) is 38.4 Å². The number of hydrogen-bond donors (Lipinski definition) is 0. The Bertz CT molecular complexity index is 1010. The maximum absolute atomic E-state index is 2.60. The van der Waals surface area contributed by atoms with Gasteiger partial charge in [0.1, 0.15) is 0 Å². The van der Waals surface area contributed by atoms with E-state index in [1.54, 1.807) is 0 Å². The lowest BCUT2D eigenvalue weighted by Crippen LogP contribution is -2.46. The lowest BCUT2D eigenvalue weighted by atomic mass is 10.0. The zero-order chi connectivity index (χ0) is 19.1. The molecule has 28 heavy (non-hydrogen) atoms. The summed E-state index contributed by atoms with van der Waals surface area (Å²) in [5.41, 5.74) is 11.4. The second kappa shape index (κ2) is 7.10. The molecule has 0 amide bonds. The Kier molecular flexibility index (Phi) is 4.44. The van der Waals surface area contributed by atoms with E-state index in [1.807, 2.05) is 0 Å². The molecule has 2 nitrogen and oxygen atoms in total. The molecule has 0 bridgehead atoms. The van der Waals surface area contributed by atoms with Gasteiger partial charge in [-0.2, -0.15) is 0 Å². The van der Waals surface area contributed by atoms with Gasteiger partial charge in [-0.05, 0) is 65.3 Å². The summed E-state index contributed by atoms with van der Waals surface area (Å²) in [7, 11) is 0. The summed E-state index contributed by atoms with van der Waals surface area (Å²) in [5, 5.41) is 0. The summed E-state index contributed by atoms with van der Waals surface area (Å²) in [6.45, 7) is 9.95. The van der Waals surface area contributed by atoms with Crippen molar-refractivity contribution in [1.82, 2.24) is 4.90 Å². The molecule has 5 rings (SSSR count). The highest BCUT2D eigenvalue weighted by Gasteiger charge is 2.21. The average molecular weight is 369 g/mol. The first-order valence-electron chi connectivity index (χ1n) is 10.4. The standard InChI is InChI=1S/C26H28N2/c1-19-7-8-20(2)26(15-19)28-13-11-27(12-14-28)18-21-9-10-25-23(16-21)17-22-5-3-4-6-24(22)25/h3-10,15-16H,11-14,17-18H2,1-2H3. The molecule has 0 aromatic heterocycles. The van der Waals surface area contributed by atoms with Crippen molar-refractivity contribution in [2.45, 2.75) is 26.8 Å². The summed E-state index contributed by atoms with van der Waals surface area (Å²) in [6, 6.07) is 22.7. The zero-order valence-electron chi connectivity index (χ0n) is 16.9. The lowest BCUT2D eigenvalue weighted by Gasteiger charge is -2.37. The van der Waals surface area contributed by atoms with Gasteiger partial charge in [-0.15, -0.1) is 0 Å². The predicted octanol–water partition coefficient (Wildman–Crippen LogP) is 5.20. The van der Waals surface area contributed by atoms with Crippen molar-refractivity contribution in [1.29, 1.82) is 0 Å². The Morgan fingerprint density at radius 3 is 2.39 bits per heavy atom. The smallest absolute Gasteiger partial charge is 0.0399 e. The number of aryl methyl sites for hydroxylation is 2. The highest BCUT2D eigenvalue weighted by molar-refractivity contribution is 5.76. The molecule has 0 N–H and O–H groups in total. The van der Waals surface area contributed by atoms with Gasteiger partial charge in [0.15, 0.2) is 0 Å². The quantitative estimate of drug-likeness (QED) is 0.491. The number of nitrogens with zero attached hydrogens (tertiary/aromatic N) is 2. The van der Waals surface area contributed by atoms with E-state index in [0.29, 0.717) is 0 Å². The van der Waals surface area contributed by atoms with Crippen molar-refractivity contribution in [2.75, 3.05) is 31.1 Å². The third kappa shape index (κ3) is 3.22. The highest BCUT2D eigenvalue weighted by atomic mass is 15.3. The van der Waals surface area contributed by atoms with Crippen LogP contribution in [0.1, 0.15) is 27.8 Å². The molecule has 0 radical (unpaired) electrons. The number of piperazine rings is 1. The van der Waals surface area contributed by atoms with E-state index < -0.39 is 0 Å². The van der Waals surface area contributed by atoms with Gasteiger partial charge in [0.2, 0.25) is 0 Å². The van der Waals surface area contributed by atoms with Crippen LogP contribution in [-0.4, -0.2) is 31.1 Å². The SMILES string of the molecule is Cc1ccc(C)c(N2CCN(Cc3ccc4c(c3)Cc3ccccc3-4)CC2)c1. The molecule has 3 aromatic carbocycles. The summed E-state index contributed by atoms with van der Waals surface area (Å²) < 4.78 is 0. The van der Waals surface area contributed by atoms with Crippen molar-refractivity contribution in [3.05, 3.63) is 88.5 Å². The van der Waals surface area contributed by atoms with Crippen LogP contribution in [0, 0.1) is 13.8 Å². The van der Waals surface area contributed by atoms with Crippen LogP contribution in [0.4, 0.5) is 5.69 Å². The first-order valence-corrected chi connectivity index (χ1v) is 10.4. The van der Waals surface area contributed by atoms with Crippen molar-refractivity contribution >= 4 is 5.69 Å². The summed E-state index contributed by atoms with van der Waals surface area (Å²) in [5.74, 6) is 0. The minimum Gasteiger partial charge on any atom is -0.369 e. The number of hydrogen-bond acceptors (Lipinski definition) is 2. The van der Waals surface area contributed by atoms with Gasteiger partial charge in [0.05, 0.1) is 0 Å². The molecule has 1 saturated heterocycles. The third-order valence-electron chi connectivity index (χ3n) is 6.34. The molecule has 3 aromatic rings.